The molecule has 3 aliphatic heterocycles. The van der Waals surface area contributed by atoms with Gasteiger partial charge in [0.15, 0.2) is 0 Å². The van der Waals surface area contributed by atoms with Crippen molar-refractivity contribution in [1.82, 2.24) is 24.3 Å². The molecule has 2 aromatic carbocycles. The third-order valence-corrected chi connectivity index (χ3v) is 13.5. The van der Waals surface area contributed by atoms with Crippen LogP contribution >= 0.6 is 0 Å². The minimum absolute atomic E-state index is 0.0277. The number of carbonyl (C=O) groups is 2. The lowest BCUT2D eigenvalue weighted by Crippen LogP contribution is -2.55. The second-order valence-corrected chi connectivity index (χ2v) is 17.4. The number of likely N-dealkylation sites (tertiary alicyclic amines) is 1. The van der Waals surface area contributed by atoms with Crippen LogP contribution in [0.5, 0.6) is 0 Å². The first kappa shape index (κ1) is 38.3. The Morgan fingerprint density at radius 2 is 1.69 bits per heavy atom. The van der Waals surface area contributed by atoms with E-state index in [9.17, 15) is 36.3 Å². The normalized spacial score (nSPS) is 27.9. The maximum atomic E-state index is 14.5. The summed E-state index contributed by atoms with van der Waals surface area (Å²) < 4.78 is 68.2. The fraction of sp³-hybridized carbons (Fsp3) is 0.579. The molecule has 284 valence electrons. The summed E-state index contributed by atoms with van der Waals surface area (Å²) in [6, 6.07) is 12.2. The van der Waals surface area contributed by atoms with Crippen molar-refractivity contribution < 1.29 is 36.3 Å². The molecule has 0 radical (unpaired) electrons. The van der Waals surface area contributed by atoms with E-state index in [4.69, 9.17) is 0 Å². The van der Waals surface area contributed by atoms with Gasteiger partial charge in [0.25, 0.3) is 0 Å². The summed E-state index contributed by atoms with van der Waals surface area (Å²) in [7, 11) is -0.618. The van der Waals surface area contributed by atoms with Crippen LogP contribution in [0.25, 0.3) is 0 Å². The van der Waals surface area contributed by atoms with Crippen molar-refractivity contribution in [2.24, 2.45) is 11.8 Å². The summed E-state index contributed by atoms with van der Waals surface area (Å²) in [6.07, 6.45) is 4.49. The SMILES string of the molecule is C=CCN(C(=O)NCc1ccc(S(=O)(=O)N(C)C)cc1)C1CC2CCC(C1)N2C[C@H]1CN(C(=O)C2CCC(F)(F)CC2)C[C@]1(O)c1cccc(F)c1. The zero-order chi connectivity index (χ0) is 37.4. The molecule has 3 amide bonds. The molecule has 2 unspecified atom stereocenters. The number of nitrogens with zero attached hydrogens (tertiary/aromatic N) is 4. The first-order valence-electron chi connectivity index (χ1n) is 18.2. The minimum Gasteiger partial charge on any atom is -0.383 e. The van der Waals surface area contributed by atoms with Crippen LogP contribution in [0, 0.1) is 17.7 Å². The number of sulfonamides is 1. The summed E-state index contributed by atoms with van der Waals surface area (Å²) in [6.45, 7) is 5.13. The van der Waals surface area contributed by atoms with Gasteiger partial charge in [-0.05, 0) is 73.9 Å². The lowest BCUT2D eigenvalue weighted by Gasteiger charge is -2.45. The fourth-order valence-corrected chi connectivity index (χ4v) is 9.67. The van der Waals surface area contributed by atoms with Crippen molar-refractivity contribution in [2.75, 3.05) is 40.3 Å². The zero-order valence-electron chi connectivity index (χ0n) is 29.9. The molecule has 2 bridgehead atoms. The Morgan fingerprint density at radius 3 is 2.29 bits per heavy atom. The van der Waals surface area contributed by atoms with E-state index in [1.54, 1.807) is 40.1 Å². The van der Waals surface area contributed by atoms with E-state index >= 15 is 0 Å². The molecule has 3 saturated heterocycles. The van der Waals surface area contributed by atoms with Crippen LogP contribution in [0.3, 0.4) is 0 Å². The quantitative estimate of drug-likeness (QED) is 0.316. The van der Waals surface area contributed by atoms with E-state index < -0.39 is 39.2 Å². The van der Waals surface area contributed by atoms with Crippen molar-refractivity contribution in [2.45, 2.75) is 92.5 Å². The number of benzene rings is 2. The highest BCUT2D eigenvalue weighted by Gasteiger charge is 2.53. The third-order valence-electron chi connectivity index (χ3n) is 11.7. The summed E-state index contributed by atoms with van der Waals surface area (Å²) in [5.74, 6) is -4.43. The Morgan fingerprint density at radius 1 is 1.04 bits per heavy atom. The Hall–Kier alpha value is -3.46. The molecule has 6 rings (SSSR count). The van der Waals surface area contributed by atoms with E-state index in [-0.39, 0.29) is 80.3 Å². The molecule has 2 aromatic rings. The van der Waals surface area contributed by atoms with E-state index in [2.05, 4.69) is 16.8 Å². The molecule has 3 heterocycles. The topological polar surface area (TPSA) is 113 Å². The van der Waals surface area contributed by atoms with Crippen LogP contribution in [-0.4, -0.2) is 109 Å². The number of alkyl halides is 2. The number of hydrogen-bond acceptors (Lipinski definition) is 6. The number of urea groups is 1. The van der Waals surface area contributed by atoms with Crippen molar-refractivity contribution in [3.8, 4) is 0 Å². The molecule has 14 heteroatoms. The summed E-state index contributed by atoms with van der Waals surface area (Å²) in [4.78, 5) is 33.2. The molecule has 52 heavy (non-hydrogen) atoms. The molecule has 1 aliphatic carbocycles. The van der Waals surface area contributed by atoms with Crippen LogP contribution < -0.4 is 5.32 Å². The molecule has 1 saturated carbocycles. The number of aliphatic hydroxyl groups is 1. The third kappa shape index (κ3) is 7.90. The number of rotatable bonds is 11. The van der Waals surface area contributed by atoms with Gasteiger partial charge in [-0.25, -0.2) is 30.7 Å². The highest BCUT2D eigenvalue weighted by Crippen LogP contribution is 2.45. The minimum atomic E-state index is -3.56. The van der Waals surface area contributed by atoms with Crippen LogP contribution in [0.1, 0.15) is 62.5 Å². The van der Waals surface area contributed by atoms with Crippen molar-refractivity contribution in [3.05, 3.63) is 78.1 Å². The van der Waals surface area contributed by atoms with E-state index in [1.807, 2.05) is 0 Å². The molecule has 0 aromatic heterocycles. The Kier molecular flexibility index (Phi) is 11.1. The maximum Gasteiger partial charge on any atom is 0.318 e. The molecule has 0 spiro atoms. The zero-order valence-corrected chi connectivity index (χ0v) is 30.7. The van der Waals surface area contributed by atoms with Gasteiger partial charge in [-0.2, -0.15) is 0 Å². The Balaban J connectivity index is 1.13. The second kappa shape index (κ2) is 15.1. The van der Waals surface area contributed by atoms with Gasteiger partial charge in [-0.3, -0.25) is 9.69 Å². The standard InChI is InChI=1S/C38H50F3N5O5S/c1-4-18-45(36(48)42-22-26-8-12-34(13-9-26)52(50,51)43(2)3)33-20-31-10-11-32(21-33)46(31)24-29-23-44(35(47)27-14-16-37(40,41)17-15-27)25-38(29,49)28-6-5-7-30(39)19-28/h4-9,12-13,19,27,29,31-33,49H,1,10-11,14-18,20-25H2,2-3H3,(H,42,48)/t29-,31?,32?,33?,38+/m1/s1. The molecular weight excluding hydrogens is 696 g/mol. The lowest BCUT2D eigenvalue weighted by atomic mass is 9.82. The number of carbonyl (C=O) groups excluding carboxylic acids is 2. The fourth-order valence-electron chi connectivity index (χ4n) is 8.77. The van der Waals surface area contributed by atoms with Crippen molar-refractivity contribution in [3.63, 3.8) is 0 Å². The average molecular weight is 746 g/mol. The smallest absolute Gasteiger partial charge is 0.318 e. The Labute approximate surface area is 304 Å². The Bertz CT molecular complexity index is 1720. The van der Waals surface area contributed by atoms with Gasteiger partial charge >= 0.3 is 6.03 Å². The summed E-state index contributed by atoms with van der Waals surface area (Å²) in [5, 5.41) is 15.3. The first-order valence-corrected chi connectivity index (χ1v) is 19.6. The van der Waals surface area contributed by atoms with Gasteiger partial charge < -0.3 is 20.2 Å². The average Bonchev–Trinajstić information content (AvgIpc) is 3.56. The van der Waals surface area contributed by atoms with E-state index in [0.29, 0.717) is 31.5 Å². The number of hydrogen-bond donors (Lipinski definition) is 2. The van der Waals surface area contributed by atoms with Gasteiger partial charge in [-0.1, -0.05) is 30.3 Å². The highest BCUT2D eigenvalue weighted by molar-refractivity contribution is 7.89. The molecule has 4 fully saturated rings. The molecule has 4 atom stereocenters. The number of amides is 3. The second-order valence-electron chi connectivity index (χ2n) is 15.2. The molecule has 4 aliphatic rings. The first-order chi connectivity index (χ1) is 24.6. The monoisotopic (exact) mass is 745 g/mol. The summed E-state index contributed by atoms with van der Waals surface area (Å²) >= 11 is 0. The predicted octanol–water partition coefficient (Wildman–Crippen LogP) is 4.94. The van der Waals surface area contributed by atoms with E-state index in [1.165, 1.54) is 38.4 Å². The van der Waals surface area contributed by atoms with Crippen LogP contribution in [0.15, 0.2) is 66.1 Å². The lowest BCUT2D eigenvalue weighted by molar-refractivity contribution is -0.139. The number of β-amino-alcohol motifs (C(OH)–C–C–N with tert-alkyl or cyclic N) is 1. The maximum absolute atomic E-state index is 14.5. The molecule has 10 nitrogen and oxygen atoms in total. The summed E-state index contributed by atoms with van der Waals surface area (Å²) in [5.41, 5.74) is -0.361. The van der Waals surface area contributed by atoms with Gasteiger partial charge in [-0.15, -0.1) is 6.58 Å². The number of halogens is 3. The van der Waals surface area contributed by atoms with Crippen LogP contribution in [-0.2, 0) is 27.0 Å². The predicted molar refractivity (Wildman–Crippen MR) is 190 cm³/mol. The van der Waals surface area contributed by atoms with Crippen LogP contribution in [0.4, 0.5) is 18.0 Å². The largest absolute Gasteiger partial charge is 0.383 e. The highest BCUT2D eigenvalue weighted by atomic mass is 32.2. The molecular formula is C38H50F3N5O5S. The number of piperidine rings is 1. The molecule has 2 N–H and O–H groups in total. The van der Waals surface area contributed by atoms with Gasteiger partial charge in [0, 0.05) is 83.1 Å². The van der Waals surface area contributed by atoms with Gasteiger partial charge in [0.05, 0.1) is 11.4 Å². The van der Waals surface area contributed by atoms with Crippen molar-refractivity contribution in [1.29, 1.82) is 0 Å². The van der Waals surface area contributed by atoms with Gasteiger partial charge in [0.2, 0.25) is 21.9 Å². The number of fused-ring (bicyclic) bond motifs is 2. The van der Waals surface area contributed by atoms with Gasteiger partial charge in [0.1, 0.15) is 11.4 Å². The van der Waals surface area contributed by atoms with Crippen molar-refractivity contribution >= 4 is 22.0 Å². The van der Waals surface area contributed by atoms with E-state index in [0.717, 1.165) is 22.7 Å². The number of nitrogens with one attached hydrogen (secondary N) is 1. The van der Waals surface area contributed by atoms with Crippen LogP contribution in [0.2, 0.25) is 0 Å².